The Bertz CT molecular complexity index is 1830. The third kappa shape index (κ3) is 12.4. The Morgan fingerprint density at radius 3 is 1.70 bits per heavy atom. The first-order valence-electron chi connectivity index (χ1n) is 17.5. The molecule has 2 aromatic carbocycles. The van der Waals surface area contributed by atoms with Gasteiger partial charge in [-0.2, -0.15) is 11.8 Å². The van der Waals surface area contributed by atoms with E-state index in [-0.39, 0.29) is 35.5 Å². The summed E-state index contributed by atoms with van der Waals surface area (Å²) in [6.07, 6.45) is 6.91. The average Bonchev–Trinajstić information content (AvgIpc) is 3.45. The van der Waals surface area contributed by atoms with Crippen LogP contribution in [0.4, 0.5) is 4.79 Å². The number of carbonyl (C=O) groups excluding carboxylic acids is 4. The largest absolute Gasteiger partial charge is 0.490 e. The molecule has 1 aliphatic heterocycles. The molecule has 4 aromatic rings. The molecule has 0 spiro atoms. The number of hydrogen-bond donors (Lipinski definition) is 4. The van der Waals surface area contributed by atoms with Crippen molar-refractivity contribution in [2.24, 2.45) is 0 Å². The summed E-state index contributed by atoms with van der Waals surface area (Å²) in [5, 5.41) is 24.3. The number of nitrogens with one attached hydrogen (secondary N) is 2. The number of rotatable bonds is 17. The zero-order chi connectivity index (χ0) is 39.1. The summed E-state index contributed by atoms with van der Waals surface area (Å²) in [5.41, 5.74) is 5.28. The Morgan fingerprint density at radius 2 is 1.31 bits per heavy atom. The van der Waals surface area contributed by atoms with Crippen LogP contribution in [0.2, 0.25) is 0 Å². The van der Waals surface area contributed by atoms with Gasteiger partial charge in [0.15, 0.2) is 0 Å². The van der Waals surface area contributed by atoms with E-state index in [4.69, 9.17) is 9.47 Å². The molecule has 0 saturated carbocycles. The molecule has 14 heteroatoms. The first-order valence-corrected chi connectivity index (χ1v) is 19.6. The molecule has 54 heavy (non-hydrogen) atoms. The fourth-order valence-corrected chi connectivity index (χ4v) is 6.86. The van der Waals surface area contributed by atoms with Crippen LogP contribution in [0.3, 0.4) is 0 Å². The van der Waals surface area contributed by atoms with E-state index in [1.807, 2.05) is 54.8 Å². The molecule has 0 radical (unpaired) electrons. The molecule has 0 bridgehead atoms. The van der Waals surface area contributed by atoms with E-state index < -0.39 is 17.0 Å². The molecular weight excluding hydrogens is 729 g/mol. The summed E-state index contributed by atoms with van der Waals surface area (Å²) >= 11 is 2.41. The first kappa shape index (κ1) is 42.0. The van der Waals surface area contributed by atoms with Crippen molar-refractivity contribution >= 4 is 47.0 Å². The van der Waals surface area contributed by atoms with Crippen molar-refractivity contribution in [2.75, 3.05) is 19.5 Å². The Balaban J connectivity index is 0.000000241. The maximum atomic E-state index is 11.9. The molecule has 1 saturated heterocycles. The van der Waals surface area contributed by atoms with Gasteiger partial charge in [0, 0.05) is 12.4 Å². The highest BCUT2D eigenvalue weighted by Gasteiger charge is 2.43. The van der Waals surface area contributed by atoms with Gasteiger partial charge in [-0.05, 0) is 109 Å². The molecule has 2 aromatic heterocycles. The van der Waals surface area contributed by atoms with Crippen LogP contribution in [0.5, 0.6) is 11.5 Å². The van der Waals surface area contributed by atoms with Gasteiger partial charge in [0.1, 0.15) is 41.7 Å². The summed E-state index contributed by atoms with van der Waals surface area (Å²) in [4.78, 5) is 54.0. The summed E-state index contributed by atoms with van der Waals surface area (Å²) in [7, 11) is 0. The number of aromatic nitrogens is 2. The number of carbonyl (C=O) groups is 4. The number of aliphatic hydroxyl groups excluding tert-OH is 2. The van der Waals surface area contributed by atoms with Crippen LogP contribution in [0.1, 0.15) is 66.6 Å². The number of pyridine rings is 2. The monoisotopic (exact) mass is 774 g/mol. The minimum Gasteiger partial charge on any atom is -0.490 e. The fourth-order valence-electron chi connectivity index (χ4n) is 5.29. The average molecular weight is 775 g/mol. The number of nitrogens with zero attached hydrogens (tertiary/aromatic N) is 2. The van der Waals surface area contributed by atoms with Crippen molar-refractivity contribution in [3.05, 3.63) is 119 Å². The summed E-state index contributed by atoms with van der Waals surface area (Å²) in [6.45, 7) is 6.07. The molecular formula is C40H46N4O8S2. The predicted molar refractivity (Wildman–Crippen MR) is 209 cm³/mol. The smallest absolute Gasteiger partial charge is 0.286 e. The molecule has 1 aliphatic rings. The second-order valence-corrected chi connectivity index (χ2v) is 15.2. The fraction of sp³-hybridized carbons (Fsp3) is 0.350. The number of aryl methyl sites for hydroxylation is 2. The van der Waals surface area contributed by atoms with E-state index in [9.17, 15) is 29.4 Å². The van der Waals surface area contributed by atoms with Crippen LogP contribution in [-0.4, -0.2) is 73.1 Å². The first-order chi connectivity index (χ1) is 26.0. The third-order valence-electron chi connectivity index (χ3n) is 8.61. The van der Waals surface area contributed by atoms with Crippen LogP contribution in [-0.2, 0) is 40.1 Å². The highest BCUT2D eigenvalue weighted by molar-refractivity contribution is 8.16. The molecule has 4 amide bonds. The van der Waals surface area contributed by atoms with Gasteiger partial charge in [-0.1, -0.05) is 50.2 Å². The third-order valence-corrected chi connectivity index (χ3v) is 10.6. The van der Waals surface area contributed by atoms with Crippen LogP contribution in [0.15, 0.2) is 85.2 Å². The molecule has 4 unspecified atom stereocenters. The number of ether oxygens (including phenoxy) is 2. The van der Waals surface area contributed by atoms with Crippen LogP contribution in [0, 0.1) is 0 Å². The molecule has 4 N–H and O–H groups in total. The lowest BCUT2D eigenvalue weighted by Crippen LogP contribution is -2.35. The second-order valence-electron chi connectivity index (χ2n) is 12.6. The lowest BCUT2D eigenvalue weighted by atomic mass is 9.99. The van der Waals surface area contributed by atoms with E-state index in [1.165, 1.54) is 11.8 Å². The Hall–Kier alpha value is -4.76. The zero-order valence-corrected chi connectivity index (χ0v) is 32.3. The van der Waals surface area contributed by atoms with Gasteiger partial charge in [0.05, 0.1) is 16.6 Å². The van der Waals surface area contributed by atoms with Gasteiger partial charge in [0.2, 0.25) is 18.2 Å². The lowest BCUT2D eigenvalue weighted by molar-refractivity contribution is -0.125. The van der Waals surface area contributed by atoms with Crippen molar-refractivity contribution in [1.82, 2.24) is 20.6 Å². The molecule has 4 atom stereocenters. The van der Waals surface area contributed by atoms with Crippen LogP contribution >= 0.6 is 23.5 Å². The Morgan fingerprint density at radius 1 is 0.833 bits per heavy atom. The topological polar surface area (TPSA) is 177 Å². The number of imide groups is 2. The van der Waals surface area contributed by atoms with Gasteiger partial charge in [-0.15, -0.1) is 0 Å². The Labute approximate surface area is 323 Å². The minimum absolute atomic E-state index is 0.0995. The maximum Gasteiger partial charge on any atom is 0.286 e. The minimum atomic E-state index is -0.806. The molecule has 1 fully saturated rings. The zero-order valence-electron chi connectivity index (χ0n) is 30.7. The van der Waals surface area contributed by atoms with Gasteiger partial charge in [0.25, 0.3) is 5.24 Å². The number of hydrogen-bond acceptors (Lipinski definition) is 12. The van der Waals surface area contributed by atoms with E-state index in [0.717, 1.165) is 46.9 Å². The van der Waals surface area contributed by atoms with Crippen molar-refractivity contribution in [2.45, 2.75) is 68.7 Å². The summed E-state index contributed by atoms with van der Waals surface area (Å²) < 4.78 is 10.5. The van der Waals surface area contributed by atoms with Crippen LogP contribution in [0.25, 0.3) is 0 Å². The standard InChI is InChI=1S/C20H22N2O4S.C20H24N2O4S/c1-3-13-6-9-16(21-11-13)17(23)12-26-15-7-4-14(5-8-15)10-20(2)18(24)22-19(25)27-20;1-3-14-6-9-17(21-11-14)18(24)12-26-16-7-4-15(5-8-16)10-19(27-2)20(25)22-13-23/h4-9,11,17,23H,3,10,12H2,1-2H3,(H,22,24,25);4-9,11,13,18-19,24H,3,10,12H2,1-2H3,(H,22,23,25). The molecule has 286 valence electrons. The predicted octanol–water partition coefficient (Wildman–Crippen LogP) is 5.34. The van der Waals surface area contributed by atoms with Gasteiger partial charge < -0.3 is 19.7 Å². The molecule has 12 nitrogen and oxygen atoms in total. The number of amides is 4. The van der Waals surface area contributed by atoms with E-state index >= 15 is 0 Å². The van der Waals surface area contributed by atoms with Crippen molar-refractivity contribution in [1.29, 1.82) is 0 Å². The molecule has 5 rings (SSSR count). The number of aliphatic hydroxyl groups is 2. The van der Waals surface area contributed by atoms with Crippen LogP contribution < -0.4 is 20.1 Å². The van der Waals surface area contributed by atoms with Gasteiger partial charge >= 0.3 is 0 Å². The van der Waals surface area contributed by atoms with Gasteiger partial charge in [-0.25, -0.2) is 0 Å². The highest BCUT2D eigenvalue weighted by Crippen LogP contribution is 2.35. The highest BCUT2D eigenvalue weighted by atomic mass is 32.2. The summed E-state index contributed by atoms with van der Waals surface area (Å²) in [5.74, 6) is 0.679. The van der Waals surface area contributed by atoms with Gasteiger partial charge in [-0.3, -0.25) is 39.8 Å². The lowest BCUT2D eigenvalue weighted by Gasteiger charge is -2.18. The maximum absolute atomic E-state index is 11.9. The second kappa shape index (κ2) is 20.6. The van der Waals surface area contributed by atoms with E-state index in [0.29, 0.717) is 42.1 Å². The SMILES string of the molecule is CCc1ccc(C(O)COc2ccc(CC(SC)C(=O)NC=O)cc2)nc1.CCc1ccc(C(O)COc2ccc(CC3(C)SC(=O)NC3=O)cc2)nc1. The number of benzene rings is 2. The molecule has 3 heterocycles. The normalized spacial score (nSPS) is 16.6. The molecule has 0 aliphatic carbocycles. The van der Waals surface area contributed by atoms with Crippen molar-refractivity contribution in [3.8, 4) is 11.5 Å². The number of thioether (sulfide) groups is 2. The van der Waals surface area contributed by atoms with Crippen molar-refractivity contribution < 1.29 is 38.9 Å². The van der Waals surface area contributed by atoms with E-state index in [1.54, 1.807) is 43.6 Å². The van der Waals surface area contributed by atoms with Crippen molar-refractivity contribution in [3.63, 3.8) is 0 Å². The van der Waals surface area contributed by atoms with E-state index in [2.05, 4.69) is 34.4 Å². The quantitative estimate of drug-likeness (QED) is 0.101. The Kier molecular flexibility index (Phi) is 16.0. The summed E-state index contributed by atoms with van der Waals surface area (Å²) in [6, 6.07) is 22.1.